The molecule has 2 rings (SSSR count). The lowest BCUT2D eigenvalue weighted by Gasteiger charge is -2.18. The van der Waals surface area contributed by atoms with Crippen molar-refractivity contribution in [3.63, 3.8) is 0 Å². The highest BCUT2D eigenvalue weighted by Gasteiger charge is 2.18. The van der Waals surface area contributed by atoms with Crippen LogP contribution >= 0.6 is 0 Å². The molecule has 1 aliphatic heterocycles. The van der Waals surface area contributed by atoms with Crippen molar-refractivity contribution in [3.05, 3.63) is 23.8 Å². The van der Waals surface area contributed by atoms with Gasteiger partial charge in [0.25, 0.3) is 5.91 Å². The summed E-state index contributed by atoms with van der Waals surface area (Å²) in [5.41, 5.74) is 2.20. The van der Waals surface area contributed by atoms with Crippen molar-refractivity contribution in [3.8, 4) is 0 Å². The molecule has 0 aliphatic carbocycles. The predicted octanol–water partition coefficient (Wildman–Crippen LogP) is 0.804. The second-order valence-corrected chi connectivity index (χ2v) is 5.16. The Hall–Kier alpha value is -2.08. The zero-order valence-electron chi connectivity index (χ0n) is 12.5. The third-order valence-corrected chi connectivity index (χ3v) is 3.51. The van der Waals surface area contributed by atoms with Crippen LogP contribution in [0.4, 0.5) is 11.4 Å². The maximum atomic E-state index is 12.1. The van der Waals surface area contributed by atoms with Crippen molar-refractivity contribution in [2.45, 2.75) is 12.8 Å². The van der Waals surface area contributed by atoms with Crippen molar-refractivity contribution in [2.75, 3.05) is 43.9 Å². The van der Waals surface area contributed by atoms with Gasteiger partial charge in [0.1, 0.15) is 0 Å². The van der Waals surface area contributed by atoms with Crippen LogP contribution in [-0.4, -0.2) is 45.5 Å². The molecule has 2 amide bonds. The molecule has 0 saturated carbocycles. The van der Waals surface area contributed by atoms with E-state index in [0.717, 1.165) is 18.7 Å². The quantitative estimate of drug-likeness (QED) is 0.702. The van der Waals surface area contributed by atoms with Crippen LogP contribution in [-0.2, 0) is 4.79 Å². The van der Waals surface area contributed by atoms with Gasteiger partial charge < -0.3 is 20.9 Å². The van der Waals surface area contributed by atoms with E-state index in [2.05, 4.69) is 16.0 Å². The van der Waals surface area contributed by atoms with Crippen LogP contribution in [0.25, 0.3) is 0 Å². The smallest absolute Gasteiger partial charge is 0.251 e. The molecule has 3 N–H and O–H groups in total. The molecular weight excluding hydrogens is 268 g/mol. The Morgan fingerprint density at radius 1 is 1.38 bits per heavy atom. The summed E-state index contributed by atoms with van der Waals surface area (Å²) < 4.78 is 0. The molecule has 114 valence electrons. The van der Waals surface area contributed by atoms with Crippen molar-refractivity contribution < 1.29 is 9.59 Å². The molecule has 0 fully saturated rings. The lowest BCUT2D eigenvalue weighted by molar-refractivity contribution is -0.115. The van der Waals surface area contributed by atoms with Gasteiger partial charge >= 0.3 is 0 Å². The highest BCUT2D eigenvalue weighted by atomic mass is 16.2. The number of anilines is 2. The molecule has 0 radical (unpaired) electrons. The zero-order chi connectivity index (χ0) is 15.2. The summed E-state index contributed by atoms with van der Waals surface area (Å²) in [6, 6.07) is 5.41. The summed E-state index contributed by atoms with van der Waals surface area (Å²) in [6.45, 7) is 2.17. The minimum absolute atomic E-state index is 0.0211. The topological polar surface area (TPSA) is 73.5 Å². The minimum atomic E-state index is -0.116. The largest absolute Gasteiger partial charge is 0.372 e. The van der Waals surface area contributed by atoms with Gasteiger partial charge in [0.05, 0.1) is 11.4 Å². The lowest BCUT2D eigenvalue weighted by Crippen LogP contribution is -2.26. The average Bonchev–Trinajstić information content (AvgIpc) is 2.62. The van der Waals surface area contributed by atoms with Gasteiger partial charge in [0.15, 0.2) is 0 Å². The van der Waals surface area contributed by atoms with E-state index >= 15 is 0 Å². The molecule has 0 saturated heterocycles. The van der Waals surface area contributed by atoms with Crippen LogP contribution < -0.4 is 20.9 Å². The van der Waals surface area contributed by atoms with E-state index in [1.807, 2.05) is 25.1 Å². The van der Waals surface area contributed by atoms with Gasteiger partial charge in [-0.05, 0) is 38.2 Å². The van der Waals surface area contributed by atoms with E-state index in [1.54, 1.807) is 12.1 Å². The van der Waals surface area contributed by atoms with Gasteiger partial charge in [-0.1, -0.05) is 0 Å². The number of rotatable bonds is 5. The van der Waals surface area contributed by atoms with Crippen LogP contribution in [0.5, 0.6) is 0 Å². The monoisotopic (exact) mass is 290 g/mol. The molecule has 1 aromatic carbocycles. The molecule has 0 atom stereocenters. The van der Waals surface area contributed by atoms with Gasteiger partial charge in [0.2, 0.25) is 5.91 Å². The van der Waals surface area contributed by atoms with Crippen molar-refractivity contribution in [1.29, 1.82) is 0 Å². The Labute approximate surface area is 124 Å². The van der Waals surface area contributed by atoms with Gasteiger partial charge in [-0.25, -0.2) is 0 Å². The Balaban J connectivity index is 2.09. The molecule has 6 nitrogen and oxygen atoms in total. The van der Waals surface area contributed by atoms with Crippen LogP contribution in [0.1, 0.15) is 23.2 Å². The average molecular weight is 290 g/mol. The number of amides is 2. The fourth-order valence-electron chi connectivity index (χ4n) is 2.28. The summed E-state index contributed by atoms with van der Waals surface area (Å²) in [4.78, 5) is 25.8. The van der Waals surface area contributed by atoms with E-state index in [9.17, 15) is 9.59 Å². The number of hydrogen-bond donors (Lipinski definition) is 3. The summed E-state index contributed by atoms with van der Waals surface area (Å²) in [7, 11) is 3.82. The van der Waals surface area contributed by atoms with Gasteiger partial charge in [-0.2, -0.15) is 0 Å². The molecular formula is C15H22N4O2. The number of benzene rings is 1. The fraction of sp³-hybridized carbons (Fsp3) is 0.467. The SMILES string of the molecule is CNCCCNC(=O)c1ccc2c(c1)NC(=O)CCN2C. The Morgan fingerprint density at radius 3 is 2.95 bits per heavy atom. The first-order valence-electron chi connectivity index (χ1n) is 7.19. The maximum absolute atomic E-state index is 12.1. The normalized spacial score (nSPS) is 14.2. The van der Waals surface area contributed by atoms with Crippen LogP contribution in [0.3, 0.4) is 0 Å². The first-order chi connectivity index (χ1) is 10.1. The van der Waals surface area contributed by atoms with Crippen LogP contribution in [0, 0.1) is 0 Å². The Kier molecular flexibility index (Phi) is 5.16. The summed E-state index contributed by atoms with van der Waals surface area (Å²) in [5.74, 6) is -0.137. The number of fused-ring (bicyclic) bond motifs is 1. The van der Waals surface area contributed by atoms with Gasteiger partial charge in [0, 0.05) is 32.1 Å². The molecule has 1 aromatic rings. The number of nitrogens with zero attached hydrogens (tertiary/aromatic N) is 1. The maximum Gasteiger partial charge on any atom is 0.251 e. The Bertz CT molecular complexity index is 530. The second-order valence-electron chi connectivity index (χ2n) is 5.16. The van der Waals surface area contributed by atoms with E-state index in [0.29, 0.717) is 30.8 Å². The van der Waals surface area contributed by atoms with E-state index in [4.69, 9.17) is 0 Å². The minimum Gasteiger partial charge on any atom is -0.372 e. The van der Waals surface area contributed by atoms with Gasteiger partial charge in [-0.15, -0.1) is 0 Å². The second kappa shape index (κ2) is 7.08. The number of nitrogens with one attached hydrogen (secondary N) is 3. The van der Waals surface area contributed by atoms with E-state index in [1.165, 1.54) is 0 Å². The third kappa shape index (κ3) is 3.95. The standard InChI is InChI=1S/C15H22N4O2/c1-16-7-3-8-17-15(21)11-4-5-13-12(10-11)18-14(20)6-9-19(13)2/h4-5,10,16H,3,6-9H2,1-2H3,(H,17,21)(H,18,20). The van der Waals surface area contributed by atoms with E-state index < -0.39 is 0 Å². The lowest BCUT2D eigenvalue weighted by atomic mass is 10.1. The molecule has 0 aromatic heterocycles. The highest BCUT2D eigenvalue weighted by Crippen LogP contribution is 2.28. The molecule has 0 bridgehead atoms. The van der Waals surface area contributed by atoms with Crippen LogP contribution in [0.15, 0.2) is 18.2 Å². The summed E-state index contributed by atoms with van der Waals surface area (Å²) in [5, 5.41) is 8.76. The molecule has 6 heteroatoms. The summed E-state index contributed by atoms with van der Waals surface area (Å²) >= 11 is 0. The summed E-state index contributed by atoms with van der Waals surface area (Å²) in [6.07, 6.45) is 1.34. The predicted molar refractivity (Wildman–Crippen MR) is 83.8 cm³/mol. The van der Waals surface area contributed by atoms with Gasteiger partial charge in [-0.3, -0.25) is 9.59 Å². The van der Waals surface area contributed by atoms with Crippen molar-refractivity contribution in [1.82, 2.24) is 10.6 Å². The molecule has 1 heterocycles. The molecule has 0 spiro atoms. The van der Waals surface area contributed by atoms with Crippen LogP contribution in [0.2, 0.25) is 0 Å². The first kappa shape index (κ1) is 15.3. The molecule has 1 aliphatic rings. The number of hydrogen-bond acceptors (Lipinski definition) is 4. The fourth-order valence-corrected chi connectivity index (χ4v) is 2.28. The Morgan fingerprint density at radius 2 is 2.19 bits per heavy atom. The molecule has 21 heavy (non-hydrogen) atoms. The first-order valence-corrected chi connectivity index (χ1v) is 7.19. The van der Waals surface area contributed by atoms with E-state index in [-0.39, 0.29) is 11.8 Å². The number of carbonyl (C=O) groups excluding carboxylic acids is 2. The van der Waals surface area contributed by atoms with Crippen molar-refractivity contribution in [2.24, 2.45) is 0 Å². The number of carbonyl (C=O) groups is 2. The highest BCUT2D eigenvalue weighted by molar-refractivity contribution is 6.00. The van der Waals surface area contributed by atoms with Crippen molar-refractivity contribution >= 4 is 23.2 Å². The molecule has 0 unspecified atom stereocenters. The zero-order valence-corrected chi connectivity index (χ0v) is 12.5. The third-order valence-electron chi connectivity index (χ3n) is 3.51.